The van der Waals surface area contributed by atoms with Gasteiger partial charge in [-0.1, -0.05) is 30.7 Å². The summed E-state index contributed by atoms with van der Waals surface area (Å²) in [5, 5.41) is 9.20. The van der Waals surface area contributed by atoms with Gasteiger partial charge in [0.15, 0.2) is 5.96 Å². The average Bonchev–Trinajstić information content (AvgIpc) is 3.29. The number of ether oxygens (including phenoxy) is 2. The van der Waals surface area contributed by atoms with Crippen molar-refractivity contribution in [2.45, 2.75) is 38.0 Å². The normalized spacial score (nSPS) is 17.6. The molecule has 0 radical (unpaired) electrons. The number of hydrogen-bond acceptors (Lipinski definition) is 4. The number of guanidine groups is 1. The van der Waals surface area contributed by atoms with Gasteiger partial charge in [0, 0.05) is 55.1 Å². The fourth-order valence-corrected chi connectivity index (χ4v) is 4.72. The second-order valence-corrected chi connectivity index (χ2v) is 8.80. The molecule has 1 unspecified atom stereocenters. The summed E-state index contributed by atoms with van der Waals surface area (Å²) in [6, 6.07) is 10.7. The van der Waals surface area contributed by atoms with Crippen molar-refractivity contribution < 1.29 is 9.47 Å². The van der Waals surface area contributed by atoms with Crippen molar-refractivity contribution in [3.05, 3.63) is 51.7 Å². The average molecular weight is 416 g/mol. The van der Waals surface area contributed by atoms with E-state index in [2.05, 4.69) is 65.2 Å². The van der Waals surface area contributed by atoms with Crippen LogP contribution in [0.3, 0.4) is 0 Å². The Bertz CT molecular complexity index is 798. The van der Waals surface area contributed by atoms with Gasteiger partial charge in [0.1, 0.15) is 5.75 Å². The first-order chi connectivity index (χ1) is 14.1. The molecule has 29 heavy (non-hydrogen) atoms. The molecule has 1 aliphatic heterocycles. The molecule has 0 aliphatic carbocycles. The molecule has 1 aliphatic rings. The van der Waals surface area contributed by atoms with Gasteiger partial charge in [0.05, 0.1) is 7.11 Å². The Morgan fingerprint density at radius 3 is 2.72 bits per heavy atom. The molecule has 3 rings (SSSR count). The van der Waals surface area contributed by atoms with E-state index < -0.39 is 0 Å². The minimum atomic E-state index is -0.0351. The van der Waals surface area contributed by atoms with Crippen LogP contribution in [0, 0.1) is 6.92 Å². The van der Waals surface area contributed by atoms with Crippen LogP contribution in [0.15, 0.2) is 40.7 Å². The second kappa shape index (κ2) is 10.1. The fourth-order valence-electron chi connectivity index (χ4n) is 3.94. The van der Waals surface area contributed by atoms with E-state index in [1.165, 1.54) is 16.0 Å². The molecule has 1 aromatic carbocycles. The van der Waals surface area contributed by atoms with Gasteiger partial charge in [0.25, 0.3) is 0 Å². The Labute approximate surface area is 178 Å². The van der Waals surface area contributed by atoms with Gasteiger partial charge in [-0.15, -0.1) is 11.3 Å². The van der Waals surface area contributed by atoms with Gasteiger partial charge in [-0.3, -0.25) is 4.99 Å². The summed E-state index contributed by atoms with van der Waals surface area (Å²) in [6.45, 7) is 7.55. The van der Waals surface area contributed by atoms with Crippen molar-refractivity contribution in [2.24, 2.45) is 4.99 Å². The van der Waals surface area contributed by atoms with Crippen LogP contribution in [0.25, 0.3) is 0 Å². The van der Waals surface area contributed by atoms with Crippen LogP contribution in [0.5, 0.6) is 5.75 Å². The first-order valence-corrected chi connectivity index (χ1v) is 11.2. The lowest BCUT2D eigenvalue weighted by Gasteiger charge is -2.39. The molecule has 1 fully saturated rings. The summed E-state index contributed by atoms with van der Waals surface area (Å²) in [6.07, 6.45) is 1.92. The molecule has 2 aromatic rings. The number of thiophene rings is 1. The van der Waals surface area contributed by atoms with E-state index in [0.29, 0.717) is 5.92 Å². The number of aryl methyl sites for hydroxylation is 1. The van der Waals surface area contributed by atoms with Gasteiger partial charge in [-0.25, -0.2) is 0 Å². The van der Waals surface area contributed by atoms with Crippen molar-refractivity contribution in [1.29, 1.82) is 0 Å². The third-order valence-electron chi connectivity index (χ3n) is 5.80. The van der Waals surface area contributed by atoms with Crippen molar-refractivity contribution >= 4 is 17.3 Å². The lowest BCUT2D eigenvalue weighted by atomic mass is 9.73. The third kappa shape index (κ3) is 5.31. The Kier molecular flexibility index (Phi) is 7.56. The molecule has 0 spiro atoms. The van der Waals surface area contributed by atoms with Crippen molar-refractivity contribution in [2.75, 3.05) is 40.5 Å². The Hall–Kier alpha value is -2.05. The van der Waals surface area contributed by atoms with Crippen LogP contribution in [-0.4, -0.2) is 46.4 Å². The minimum Gasteiger partial charge on any atom is -0.496 e. The number of methoxy groups -OCH3 is 1. The first kappa shape index (κ1) is 21.7. The number of hydrogen-bond donors (Lipinski definition) is 2. The quantitative estimate of drug-likeness (QED) is 0.528. The standard InChI is InChI=1S/C23H33N3O2S/c1-17-7-8-20(27-4)19(14-17)23(9-11-28-12-10-23)16-26-22(24-3)25-15-18(2)21-6-5-13-29-21/h5-8,13-14,18H,9-12,15-16H2,1-4H3,(H2,24,25,26). The number of rotatable bonds is 7. The maximum atomic E-state index is 5.72. The molecule has 6 heteroatoms. The zero-order valence-electron chi connectivity index (χ0n) is 18.0. The van der Waals surface area contributed by atoms with E-state index in [1.807, 2.05) is 7.05 Å². The number of benzene rings is 1. The van der Waals surface area contributed by atoms with Crippen LogP contribution >= 0.6 is 11.3 Å². The molecule has 2 N–H and O–H groups in total. The summed E-state index contributed by atoms with van der Waals surface area (Å²) in [5.74, 6) is 2.24. The highest BCUT2D eigenvalue weighted by molar-refractivity contribution is 7.10. The molecule has 1 saturated heterocycles. The molecule has 1 atom stereocenters. The lowest BCUT2D eigenvalue weighted by molar-refractivity contribution is 0.0505. The molecule has 2 heterocycles. The number of nitrogens with one attached hydrogen (secondary N) is 2. The SMILES string of the molecule is CN=C(NCC(C)c1cccs1)NCC1(c2cc(C)ccc2OC)CCOCC1. The second-order valence-electron chi connectivity index (χ2n) is 7.82. The van der Waals surface area contributed by atoms with Crippen LogP contribution in [0.1, 0.15) is 41.7 Å². The van der Waals surface area contributed by atoms with Crippen LogP contribution in [0.2, 0.25) is 0 Å². The summed E-state index contributed by atoms with van der Waals surface area (Å²) in [5.41, 5.74) is 2.48. The van der Waals surface area contributed by atoms with Crippen molar-refractivity contribution in [1.82, 2.24) is 10.6 Å². The summed E-state index contributed by atoms with van der Waals surface area (Å²) >= 11 is 1.80. The first-order valence-electron chi connectivity index (χ1n) is 10.3. The van der Waals surface area contributed by atoms with Crippen LogP contribution in [-0.2, 0) is 10.2 Å². The largest absolute Gasteiger partial charge is 0.496 e. The number of aliphatic imine (C=N–C) groups is 1. The maximum absolute atomic E-state index is 5.72. The van der Waals surface area contributed by atoms with E-state index in [0.717, 1.165) is 50.9 Å². The van der Waals surface area contributed by atoms with Crippen molar-refractivity contribution in [3.8, 4) is 5.75 Å². The van der Waals surface area contributed by atoms with Gasteiger partial charge in [0.2, 0.25) is 0 Å². The minimum absolute atomic E-state index is 0.0351. The van der Waals surface area contributed by atoms with E-state index in [1.54, 1.807) is 18.4 Å². The predicted octanol–water partition coefficient (Wildman–Crippen LogP) is 4.08. The van der Waals surface area contributed by atoms with Gasteiger partial charge in [-0.2, -0.15) is 0 Å². The molecular weight excluding hydrogens is 382 g/mol. The van der Waals surface area contributed by atoms with Crippen LogP contribution < -0.4 is 15.4 Å². The lowest BCUT2D eigenvalue weighted by Crippen LogP contribution is -2.48. The summed E-state index contributed by atoms with van der Waals surface area (Å²) < 4.78 is 11.4. The van der Waals surface area contributed by atoms with Gasteiger partial charge >= 0.3 is 0 Å². The Balaban J connectivity index is 1.71. The number of nitrogens with zero attached hydrogens (tertiary/aromatic N) is 1. The third-order valence-corrected chi connectivity index (χ3v) is 6.90. The molecule has 0 bridgehead atoms. The molecule has 5 nitrogen and oxygen atoms in total. The molecule has 1 aromatic heterocycles. The van der Waals surface area contributed by atoms with Gasteiger partial charge in [-0.05, 0) is 37.3 Å². The molecular formula is C23H33N3O2S. The molecule has 158 valence electrons. The van der Waals surface area contributed by atoms with E-state index in [-0.39, 0.29) is 5.41 Å². The zero-order valence-corrected chi connectivity index (χ0v) is 18.8. The molecule has 0 amide bonds. The monoisotopic (exact) mass is 415 g/mol. The van der Waals surface area contributed by atoms with Crippen LogP contribution in [0.4, 0.5) is 0 Å². The topological polar surface area (TPSA) is 54.9 Å². The van der Waals surface area contributed by atoms with Crippen molar-refractivity contribution in [3.63, 3.8) is 0 Å². The maximum Gasteiger partial charge on any atom is 0.191 e. The van der Waals surface area contributed by atoms with E-state index >= 15 is 0 Å². The van der Waals surface area contributed by atoms with Gasteiger partial charge < -0.3 is 20.1 Å². The smallest absolute Gasteiger partial charge is 0.191 e. The predicted molar refractivity (Wildman–Crippen MR) is 122 cm³/mol. The zero-order chi connectivity index (χ0) is 20.7. The Morgan fingerprint density at radius 2 is 2.07 bits per heavy atom. The highest BCUT2D eigenvalue weighted by Gasteiger charge is 2.37. The van der Waals surface area contributed by atoms with E-state index in [4.69, 9.17) is 9.47 Å². The molecule has 0 saturated carbocycles. The fraction of sp³-hybridized carbons (Fsp3) is 0.522. The highest BCUT2D eigenvalue weighted by atomic mass is 32.1. The highest BCUT2D eigenvalue weighted by Crippen LogP contribution is 2.40. The Morgan fingerprint density at radius 1 is 1.28 bits per heavy atom. The van der Waals surface area contributed by atoms with E-state index in [9.17, 15) is 0 Å². The summed E-state index contributed by atoms with van der Waals surface area (Å²) in [4.78, 5) is 5.83. The summed E-state index contributed by atoms with van der Waals surface area (Å²) in [7, 11) is 3.58.